The van der Waals surface area contributed by atoms with E-state index in [0.717, 1.165) is 39.7 Å². The number of hydrogen-bond acceptors (Lipinski definition) is 5. The summed E-state index contributed by atoms with van der Waals surface area (Å²) < 4.78 is 5.13. The number of ether oxygens (including phenoxy) is 1. The molecule has 5 rings (SSSR count). The number of amides is 1. The van der Waals surface area contributed by atoms with E-state index in [-0.39, 0.29) is 11.9 Å². The molecule has 0 unspecified atom stereocenters. The summed E-state index contributed by atoms with van der Waals surface area (Å²) in [7, 11) is 1.61. The van der Waals surface area contributed by atoms with Crippen molar-refractivity contribution >= 4 is 28.3 Å². The van der Waals surface area contributed by atoms with Crippen LogP contribution in [0, 0.1) is 0 Å². The molecule has 7 heteroatoms. The summed E-state index contributed by atoms with van der Waals surface area (Å²) in [6.45, 7) is 4.73. The van der Waals surface area contributed by atoms with E-state index in [1.807, 2.05) is 48.4 Å². The first-order chi connectivity index (χ1) is 17.0. The Morgan fingerprint density at radius 3 is 2.46 bits per heavy atom. The highest BCUT2D eigenvalue weighted by Crippen LogP contribution is 2.24. The lowest BCUT2D eigenvalue weighted by Crippen LogP contribution is -2.54. The first-order valence-electron chi connectivity index (χ1n) is 11.7. The van der Waals surface area contributed by atoms with Crippen molar-refractivity contribution in [2.45, 2.75) is 26.1 Å². The number of piperazine rings is 1. The normalized spacial score (nSPS) is 16.6. The van der Waals surface area contributed by atoms with Crippen molar-refractivity contribution in [3.63, 3.8) is 0 Å². The van der Waals surface area contributed by atoms with Gasteiger partial charge in [0.15, 0.2) is 0 Å². The van der Waals surface area contributed by atoms with Crippen LogP contribution in [-0.4, -0.2) is 51.9 Å². The number of methoxy groups -OCH3 is 1. The van der Waals surface area contributed by atoms with Crippen molar-refractivity contribution in [2.24, 2.45) is 0 Å². The molecule has 4 aromatic rings. The monoisotopic (exact) mass is 486 g/mol. The van der Waals surface area contributed by atoms with Crippen LogP contribution in [0.2, 0.25) is 5.02 Å². The van der Waals surface area contributed by atoms with E-state index in [2.05, 4.69) is 45.2 Å². The second kappa shape index (κ2) is 10.0. The number of rotatable bonds is 6. The number of pyridine rings is 2. The van der Waals surface area contributed by atoms with Gasteiger partial charge in [-0.25, -0.2) is 4.98 Å². The predicted molar refractivity (Wildman–Crippen MR) is 138 cm³/mol. The molecule has 0 N–H and O–H groups in total. The highest BCUT2D eigenvalue weighted by Gasteiger charge is 2.31. The summed E-state index contributed by atoms with van der Waals surface area (Å²) in [5.41, 5.74) is 4.18. The van der Waals surface area contributed by atoms with Crippen molar-refractivity contribution in [1.82, 2.24) is 19.8 Å². The Bertz CT molecular complexity index is 1340. The Morgan fingerprint density at radius 1 is 0.914 bits per heavy atom. The highest BCUT2D eigenvalue weighted by molar-refractivity contribution is 6.31. The summed E-state index contributed by atoms with van der Waals surface area (Å²) in [5, 5.41) is 2.82. The number of hydrogen-bond donors (Lipinski definition) is 0. The Labute approximate surface area is 210 Å². The van der Waals surface area contributed by atoms with E-state index in [0.29, 0.717) is 30.5 Å². The second-order valence-corrected chi connectivity index (χ2v) is 9.30. The fourth-order valence-corrected chi connectivity index (χ4v) is 4.67. The van der Waals surface area contributed by atoms with Gasteiger partial charge in [0.05, 0.1) is 18.8 Å². The van der Waals surface area contributed by atoms with Crippen LogP contribution < -0.4 is 4.74 Å². The standard InChI is InChI=1S/C28H27ClN4O2/c1-19-28(34)33(17-20-3-5-21(6-4-20)23-8-10-27(35-2)31-15-23)12-11-32(19)18-26-14-22-7-9-25(29)13-24(22)16-30-26/h3-10,13-16,19H,11-12,17-18H2,1-2H3/t19-/m0/s1. The smallest absolute Gasteiger partial charge is 0.239 e. The fourth-order valence-electron chi connectivity index (χ4n) is 4.49. The van der Waals surface area contributed by atoms with E-state index >= 15 is 0 Å². The van der Waals surface area contributed by atoms with Crippen molar-refractivity contribution in [2.75, 3.05) is 20.2 Å². The molecule has 1 atom stereocenters. The van der Waals surface area contributed by atoms with E-state index in [9.17, 15) is 4.79 Å². The summed E-state index contributed by atoms with van der Waals surface area (Å²) in [5.74, 6) is 0.741. The molecule has 6 nitrogen and oxygen atoms in total. The van der Waals surface area contributed by atoms with Gasteiger partial charge in [-0.3, -0.25) is 14.7 Å². The Morgan fingerprint density at radius 2 is 1.71 bits per heavy atom. The third kappa shape index (κ3) is 5.14. The van der Waals surface area contributed by atoms with Crippen LogP contribution in [0.15, 0.2) is 73.1 Å². The molecule has 3 heterocycles. The van der Waals surface area contributed by atoms with Crippen LogP contribution in [0.1, 0.15) is 18.2 Å². The molecule has 2 aromatic carbocycles. The zero-order valence-corrected chi connectivity index (χ0v) is 20.6. The van der Waals surface area contributed by atoms with Crippen molar-refractivity contribution in [3.05, 3.63) is 89.3 Å². The van der Waals surface area contributed by atoms with Gasteiger partial charge in [0.2, 0.25) is 11.8 Å². The van der Waals surface area contributed by atoms with Gasteiger partial charge in [-0.05, 0) is 47.7 Å². The molecule has 1 aliphatic rings. The summed E-state index contributed by atoms with van der Waals surface area (Å²) in [6.07, 6.45) is 3.66. The molecule has 0 radical (unpaired) electrons. The van der Waals surface area contributed by atoms with Crippen molar-refractivity contribution in [3.8, 4) is 17.0 Å². The molecular formula is C28H27ClN4O2. The van der Waals surface area contributed by atoms with Gasteiger partial charge in [-0.1, -0.05) is 41.9 Å². The maximum Gasteiger partial charge on any atom is 0.239 e. The minimum absolute atomic E-state index is 0.146. The lowest BCUT2D eigenvalue weighted by Gasteiger charge is -2.39. The lowest BCUT2D eigenvalue weighted by atomic mass is 10.0. The number of fused-ring (bicyclic) bond motifs is 1. The second-order valence-electron chi connectivity index (χ2n) is 8.86. The summed E-state index contributed by atoms with van der Waals surface area (Å²) in [6, 6.07) is 19.8. The predicted octanol–water partition coefficient (Wildman–Crippen LogP) is 5.19. The zero-order valence-electron chi connectivity index (χ0n) is 19.8. The zero-order chi connectivity index (χ0) is 24.4. The van der Waals surface area contributed by atoms with Crippen LogP contribution in [0.5, 0.6) is 5.88 Å². The van der Waals surface area contributed by atoms with Gasteiger partial charge in [0, 0.05) is 60.6 Å². The number of carbonyl (C=O) groups is 1. The molecule has 1 aliphatic heterocycles. The van der Waals surface area contributed by atoms with Gasteiger partial charge in [0.25, 0.3) is 0 Å². The van der Waals surface area contributed by atoms with Crippen LogP contribution in [-0.2, 0) is 17.9 Å². The van der Waals surface area contributed by atoms with Crippen LogP contribution in [0.25, 0.3) is 21.9 Å². The van der Waals surface area contributed by atoms with Crippen LogP contribution in [0.3, 0.4) is 0 Å². The van der Waals surface area contributed by atoms with E-state index in [1.165, 1.54) is 0 Å². The average Bonchev–Trinajstić information content (AvgIpc) is 2.89. The van der Waals surface area contributed by atoms with Gasteiger partial charge < -0.3 is 9.64 Å². The maximum atomic E-state index is 13.2. The van der Waals surface area contributed by atoms with Crippen LogP contribution in [0.4, 0.5) is 0 Å². The summed E-state index contributed by atoms with van der Waals surface area (Å²) in [4.78, 5) is 26.2. The Kier molecular flexibility index (Phi) is 6.66. The average molecular weight is 487 g/mol. The molecule has 35 heavy (non-hydrogen) atoms. The Balaban J connectivity index is 1.21. The SMILES string of the molecule is COc1ccc(-c2ccc(CN3CCN(Cc4cc5ccc(Cl)cc5cn4)[C@@H](C)C3=O)cc2)cn1. The number of benzene rings is 2. The van der Waals surface area contributed by atoms with Gasteiger partial charge in [-0.2, -0.15) is 0 Å². The molecule has 0 saturated carbocycles. The first-order valence-corrected chi connectivity index (χ1v) is 12.0. The number of carbonyl (C=O) groups excluding carboxylic acids is 1. The fraction of sp³-hybridized carbons (Fsp3) is 0.250. The van der Waals surface area contributed by atoms with E-state index in [1.54, 1.807) is 13.3 Å². The van der Waals surface area contributed by atoms with E-state index in [4.69, 9.17) is 16.3 Å². The lowest BCUT2D eigenvalue weighted by molar-refractivity contribution is -0.142. The third-order valence-corrected chi connectivity index (χ3v) is 6.82. The third-order valence-electron chi connectivity index (χ3n) is 6.59. The minimum atomic E-state index is -0.198. The van der Waals surface area contributed by atoms with Gasteiger partial charge >= 0.3 is 0 Å². The number of aromatic nitrogens is 2. The number of nitrogens with zero attached hydrogens (tertiary/aromatic N) is 4. The van der Waals surface area contributed by atoms with Crippen molar-refractivity contribution < 1.29 is 9.53 Å². The maximum absolute atomic E-state index is 13.2. The quantitative estimate of drug-likeness (QED) is 0.375. The van der Waals surface area contributed by atoms with Gasteiger partial charge in [-0.15, -0.1) is 0 Å². The van der Waals surface area contributed by atoms with Crippen molar-refractivity contribution in [1.29, 1.82) is 0 Å². The molecule has 178 valence electrons. The molecule has 2 aromatic heterocycles. The highest BCUT2D eigenvalue weighted by atomic mass is 35.5. The molecule has 0 spiro atoms. The van der Waals surface area contributed by atoms with Crippen LogP contribution >= 0.6 is 11.6 Å². The topological polar surface area (TPSA) is 58.6 Å². The summed E-state index contributed by atoms with van der Waals surface area (Å²) >= 11 is 6.08. The molecule has 1 fully saturated rings. The molecular weight excluding hydrogens is 460 g/mol. The molecule has 0 aliphatic carbocycles. The minimum Gasteiger partial charge on any atom is -0.481 e. The van der Waals surface area contributed by atoms with E-state index < -0.39 is 0 Å². The molecule has 1 amide bonds. The largest absolute Gasteiger partial charge is 0.481 e. The molecule has 0 bridgehead atoms. The Hall–Kier alpha value is -3.48. The molecule has 1 saturated heterocycles. The van der Waals surface area contributed by atoms with Gasteiger partial charge in [0.1, 0.15) is 0 Å². The number of halogens is 1. The first kappa shape index (κ1) is 23.3.